The first-order chi connectivity index (χ1) is 12.6. The van der Waals surface area contributed by atoms with Crippen LogP contribution in [0.1, 0.15) is 47.7 Å². The number of anilines is 1. The molecule has 5 heteroatoms. The van der Waals surface area contributed by atoms with E-state index in [0.29, 0.717) is 17.3 Å². The highest BCUT2D eigenvalue weighted by atomic mass is 32.1. The Morgan fingerprint density at radius 2 is 1.88 bits per heavy atom. The van der Waals surface area contributed by atoms with E-state index < -0.39 is 0 Å². The van der Waals surface area contributed by atoms with Crippen molar-refractivity contribution < 1.29 is 9.53 Å². The van der Waals surface area contributed by atoms with Gasteiger partial charge in [-0.2, -0.15) is 0 Å². The Morgan fingerprint density at radius 1 is 1.12 bits per heavy atom. The predicted molar refractivity (Wildman–Crippen MR) is 109 cm³/mol. The monoisotopic (exact) mass is 368 g/mol. The van der Waals surface area contributed by atoms with Gasteiger partial charge in [0.05, 0.1) is 16.8 Å². The van der Waals surface area contributed by atoms with Crippen molar-refractivity contribution in [2.24, 2.45) is 0 Å². The molecule has 0 atom stereocenters. The molecule has 1 heterocycles. The van der Waals surface area contributed by atoms with Crippen LogP contribution in [-0.2, 0) is 0 Å². The van der Waals surface area contributed by atoms with Crippen molar-refractivity contribution in [1.82, 2.24) is 4.98 Å². The van der Waals surface area contributed by atoms with Gasteiger partial charge in [0.15, 0.2) is 5.13 Å². The fraction of sp³-hybridized carbons (Fsp3) is 0.333. The number of ether oxygens (including phenoxy) is 1. The molecule has 0 aliphatic carbocycles. The van der Waals surface area contributed by atoms with Crippen molar-refractivity contribution in [2.45, 2.75) is 40.0 Å². The zero-order valence-electron chi connectivity index (χ0n) is 15.5. The maximum atomic E-state index is 12.5. The summed E-state index contributed by atoms with van der Waals surface area (Å²) in [4.78, 5) is 17.0. The van der Waals surface area contributed by atoms with E-state index in [0.717, 1.165) is 28.0 Å². The first-order valence-electron chi connectivity index (χ1n) is 8.99. The van der Waals surface area contributed by atoms with Gasteiger partial charge in [0, 0.05) is 5.56 Å². The van der Waals surface area contributed by atoms with E-state index in [4.69, 9.17) is 4.74 Å². The number of rotatable bonds is 7. The van der Waals surface area contributed by atoms with Crippen LogP contribution in [0.15, 0.2) is 36.4 Å². The Kier molecular flexibility index (Phi) is 5.89. The largest absolute Gasteiger partial charge is 0.494 e. The Bertz CT molecular complexity index is 900. The van der Waals surface area contributed by atoms with Crippen LogP contribution in [0.25, 0.3) is 10.2 Å². The fourth-order valence-electron chi connectivity index (χ4n) is 2.69. The number of fused-ring (bicyclic) bond motifs is 1. The molecular weight excluding hydrogens is 344 g/mol. The van der Waals surface area contributed by atoms with E-state index in [1.807, 2.05) is 12.1 Å². The van der Waals surface area contributed by atoms with Crippen LogP contribution in [0, 0.1) is 13.8 Å². The summed E-state index contributed by atoms with van der Waals surface area (Å²) in [6.45, 7) is 7.01. The quantitative estimate of drug-likeness (QED) is 0.541. The van der Waals surface area contributed by atoms with Gasteiger partial charge in [-0.05, 0) is 61.7 Å². The molecule has 1 N–H and O–H groups in total. The van der Waals surface area contributed by atoms with Crippen molar-refractivity contribution in [3.8, 4) is 5.75 Å². The number of unbranched alkanes of at least 4 members (excludes halogenated alkanes) is 2. The molecule has 4 nitrogen and oxygen atoms in total. The molecule has 0 bridgehead atoms. The predicted octanol–water partition coefficient (Wildman–Crippen LogP) is 5.73. The molecule has 2 aromatic carbocycles. The summed E-state index contributed by atoms with van der Waals surface area (Å²) < 4.78 is 6.77. The lowest BCUT2D eigenvalue weighted by molar-refractivity contribution is 0.102. The van der Waals surface area contributed by atoms with Crippen LogP contribution in [0.4, 0.5) is 5.13 Å². The second-order valence-electron chi connectivity index (χ2n) is 6.41. The molecule has 0 aliphatic rings. The second-order valence-corrected chi connectivity index (χ2v) is 7.44. The van der Waals surface area contributed by atoms with Crippen molar-refractivity contribution in [3.05, 3.63) is 53.1 Å². The van der Waals surface area contributed by atoms with E-state index in [9.17, 15) is 4.79 Å². The summed E-state index contributed by atoms with van der Waals surface area (Å²) in [7, 11) is 0. The third-order valence-electron chi connectivity index (χ3n) is 4.44. The molecular formula is C21H24N2O2S. The molecule has 0 fully saturated rings. The van der Waals surface area contributed by atoms with Crippen LogP contribution in [-0.4, -0.2) is 17.5 Å². The summed E-state index contributed by atoms with van der Waals surface area (Å²) in [5, 5.41) is 3.53. The van der Waals surface area contributed by atoms with Gasteiger partial charge in [0.25, 0.3) is 5.91 Å². The highest BCUT2D eigenvalue weighted by Crippen LogP contribution is 2.30. The van der Waals surface area contributed by atoms with E-state index in [1.54, 1.807) is 12.1 Å². The number of hydrogen-bond acceptors (Lipinski definition) is 4. The molecule has 136 valence electrons. The molecule has 0 saturated carbocycles. The molecule has 0 aliphatic heterocycles. The van der Waals surface area contributed by atoms with Gasteiger partial charge in [-0.25, -0.2) is 4.98 Å². The number of benzene rings is 2. The van der Waals surface area contributed by atoms with Gasteiger partial charge < -0.3 is 4.74 Å². The molecule has 0 saturated heterocycles. The second kappa shape index (κ2) is 8.32. The van der Waals surface area contributed by atoms with Gasteiger partial charge in [0.1, 0.15) is 5.75 Å². The van der Waals surface area contributed by atoms with Crippen molar-refractivity contribution in [3.63, 3.8) is 0 Å². The Balaban J connectivity index is 1.65. The number of carbonyl (C=O) groups excluding carboxylic acids is 1. The Labute approximate surface area is 158 Å². The zero-order valence-corrected chi connectivity index (χ0v) is 16.3. The highest BCUT2D eigenvalue weighted by molar-refractivity contribution is 7.22. The molecule has 0 radical (unpaired) electrons. The summed E-state index contributed by atoms with van der Waals surface area (Å²) in [5.74, 6) is 0.639. The molecule has 3 rings (SSSR count). The third-order valence-corrected chi connectivity index (χ3v) is 5.37. The number of thiazole rings is 1. The SMILES string of the molecule is CCCCCOc1ccc(C(=O)Nc2nc3c(C)c(C)ccc3s2)cc1. The summed E-state index contributed by atoms with van der Waals surface area (Å²) in [6.07, 6.45) is 3.39. The maximum absolute atomic E-state index is 12.5. The van der Waals surface area contributed by atoms with Crippen LogP contribution in [0.3, 0.4) is 0 Å². The number of amides is 1. The van der Waals surface area contributed by atoms with E-state index in [-0.39, 0.29) is 5.91 Å². The summed E-state index contributed by atoms with van der Waals surface area (Å²) >= 11 is 1.49. The first kappa shape index (κ1) is 18.4. The van der Waals surface area contributed by atoms with Gasteiger partial charge >= 0.3 is 0 Å². The van der Waals surface area contributed by atoms with Crippen LogP contribution >= 0.6 is 11.3 Å². The molecule has 0 unspecified atom stereocenters. The van der Waals surface area contributed by atoms with Crippen molar-refractivity contribution in [2.75, 3.05) is 11.9 Å². The molecule has 1 aromatic heterocycles. The first-order valence-corrected chi connectivity index (χ1v) is 9.81. The average molecular weight is 369 g/mol. The Morgan fingerprint density at radius 3 is 2.62 bits per heavy atom. The molecule has 26 heavy (non-hydrogen) atoms. The van der Waals surface area contributed by atoms with Gasteiger partial charge in [-0.1, -0.05) is 37.2 Å². The van der Waals surface area contributed by atoms with E-state index in [2.05, 4.69) is 43.2 Å². The molecule has 1 amide bonds. The summed E-state index contributed by atoms with van der Waals surface area (Å²) in [5.41, 5.74) is 3.92. The average Bonchev–Trinajstić information content (AvgIpc) is 3.06. The van der Waals surface area contributed by atoms with Gasteiger partial charge in [0.2, 0.25) is 0 Å². The minimum atomic E-state index is -0.157. The Hall–Kier alpha value is -2.40. The number of carbonyl (C=O) groups is 1. The van der Waals surface area contributed by atoms with Crippen LogP contribution in [0.2, 0.25) is 0 Å². The van der Waals surface area contributed by atoms with E-state index in [1.165, 1.54) is 29.7 Å². The molecule has 0 spiro atoms. The number of nitrogens with zero attached hydrogens (tertiary/aromatic N) is 1. The minimum absolute atomic E-state index is 0.157. The van der Waals surface area contributed by atoms with E-state index >= 15 is 0 Å². The van der Waals surface area contributed by atoms with Gasteiger partial charge in [-0.15, -0.1) is 0 Å². The standard InChI is InChI=1S/C21H24N2O2S/c1-4-5-6-13-25-17-10-8-16(9-11-17)20(24)23-21-22-19-15(3)14(2)7-12-18(19)26-21/h7-12H,4-6,13H2,1-3H3,(H,22,23,24). The third kappa shape index (κ3) is 4.22. The zero-order chi connectivity index (χ0) is 18.5. The molecule has 3 aromatic rings. The summed E-state index contributed by atoms with van der Waals surface area (Å²) in [6, 6.07) is 11.4. The fourth-order valence-corrected chi connectivity index (χ4v) is 3.61. The smallest absolute Gasteiger partial charge is 0.257 e. The van der Waals surface area contributed by atoms with Crippen molar-refractivity contribution in [1.29, 1.82) is 0 Å². The highest BCUT2D eigenvalue weighted by Gasteiger charge is 2.12. The lowest BCUT2D eigenvalue weighted by atomic mass is 10.1. The van der Waals surface area contributed by atoms with Crippen LogP contribution < -0.4 is 10.1 Å². The lowest BCUT2D eigenvalue weighted by Gasteiger charge is -2.06. The topological polar surface area (TPSA) is 51.2 Å². The number of nitrogens with one attached hydrogen (secondary N) is 1. The number of hydrogen-bond donors (Lipinski definition) is 1. The van der Waals surface area contributed by atoms with Crippen LogP contribution in [0.5, 0.6) is 5.75 Å². The normalized spacial score (nSPS) is 10.9. The minimum Gasteiger partial charge on any atom is -0.494 e. The van der Waals surface area contributed by atoms with Crippen molar-refractivity contribution >= 4 is 32.6 Å². The lowest BCUT2D eigenvalue weighted by Crippen LogP contribution is -2.11. The van der Waals surface area contributed by atoms with Gasteiger partial charge in [-0.3, -0.25) is 10.1 Å². The number of aromatic nitrogens is 1. The number of aryl methyl sites for hydroxylation is 2. The maximum Gasteiger partial charge on any atom is 0.257 e.